The lowest BCUT2D eigenvalue weighted by Crippen LogP contribution is -2.25. The first-order valence-electron chi connectivity index (χ1n) is 2.84. The van der Waals surface area contributed by atoms with E-state index >= 15 is 0 Å². The smallest absolute Gasteiger partial charge is 0.154 e. The monoisotopic (exact) mass is 125 g/mol. The summed E-state index contributed by atoms with van der Waals surface area (Å²) in [5.41, 5.74) is 0. The molecule has 48 valence electrons. The van der Waals surface area contributed by atoms with Crippen LogP contribution < -0.4 is 0 Å². The molecule has 1 fully saturated rings. The number of nitrogens with zero attached hydrogens (tertiary/aromatic N) is 1. The molecule has 0 radical (unpaired) electrons. The molecule has 0 amide bonds. The van der Waals surface area contributed by atoms with Crippen molar-refractivity contribution in [2.24, 2.45) is 5.92 Å². The van der Waals surface area contributed by atoms with Gasteiger partial charge in [0.1, 0.15) is 5.92 Å². The second kappa shape index (κ2) is 2.60. The van der Waals surface area contributed by atoms with Gasteiger partial charge in [-0.05, 0) is 0 Å². The SMILES string of the molecule is N#C[C@@H]1COCCC1=O. The Labute approximate surface area is 53.2 Å². The predicted octanol–water partition coefficient (Wildman–Crippen LogP) is 0.116. The standard InChI is InChI=1S/C6H7NO2/c7-3-5-4-9-2-1-6(5)8/h5H,1-2,4H2/t5-/m1/s1. The van der Waals surface area contributed by atoms with Gasteiger partial charge in [-0.2, -0.15) is 5.26 Å². The lowest BCUT2D eigenvalue weighted by molar-refractivity contribution is -0.127. The normalized spacial score (nSPS) is 27.4. The van der Waals surface area contributed by atoms with Crippen molar-refractivity contribution < 1.29 is 9.53 Å². The highest BCUT2D eigenvalue weighted by Crippen LogP contribution is 2.07. The molecule has 9 heavy (non-hydrogen) atoms. The Balaban J connectivity index is 2.51. The molecule has 0 N–H and O–H groups in total. The van der Waals surface area contributed by atoms with Crippen molar-refractivity contribution in [2.45, 2.75) is 6.42 Å². The molecule has 1 saturated heterocycles. The van der Waals surface area contributed by atoms with Crippen LogP contribution >= 0.6 is 0 Å². The van der Waals surface area contributed by atoms with Crippen LogP contribution in [0.1, 0.15) is 6.42 Å². The summed E-state index contributed by atoms with van der Waals surface area (Å²) in [6.07, 6.45) is 0.401. The third-order valence-electron chi connectivity index (χ3n) is 1.32. The van der Waals surface area contributed by atoms with Crippen LogP contribution in [0.5, 0.6) is 0 Å². The molecular weight excluding hydrogens is 118 g/mol. The Hall–Kier alpha value is -0.880. The largest absolute Gasteiger partial charge is 0.379 e. The summed E-state index contributed by atoms with van der Waals surface area (Å²) in [5.74, 6) is -0.484. The Morgan fingerprint density at radius 1 is 1.78 bits per heavy atom. The van der Waals surface area contributed by atoms with Gasteiger partial charge in [0.25, 0.3) is 0 Å². The maximum absolute atomic E-state index is 10.7. The van der Waals surface area contributed by atoms with Crippen molar-refractivity contribution in [3.63, 3.8) is 0 Å². The van der Waals surface area contributed by atoms with Crippen molar-refractivity contribution in [1.29, 1.82) is 5.26 Å². The fraction of sp³-hybridized carbons (Fsp3) is 0.667. The molecule has 1 rings (SSSR count). The van der Waals surface area contributed by atoms with Gasteiger partial charge in [-0.3, -0.25) is 4.79 Å². The summed E-state index contributed by atoms with van der Waals surface area (Å²) in [6.45, 7) is 0.770. The molecule has 0 aromatic heterocycles. The van der Waals surface area contributed by atoms with Crippen molar-refractivity contribution in [2.75, 3.05) is 13.2 Å². The van der Waals surface area contributed by atoms with E-state index in [1.807, 2.05) is 6.07 Å². The quantitative estimate of drug-likeness (QED) is 0.462. The summed E-state index contributed by atoms with van der Waals surface area (Å²) in [6, 6.07) is 1.88. The first kappa shape index (κ1) is 6.24. The highest BCUT2D eigenvalue weighted by atomic mass is 16.5. The van der Waals surface area contributed by atoms with E-state index in [1.54, 1.807) is 0 Å². The average molecular weight is 125 g/mol. The molecule has 0 aliphatic carbocycles. The molecule has 3 nitrogen and oxygen atoms in total. The first-order chi connectivity index (χ1) is 4.34. The van der Waals surface area contributed by atoms with Crippen LogP contribution in [0.4, 0.5) is 0 Å². The predicted molar refractivity (Wildman–Crippen MR) is 29.5 cm³/mol. The van der Waals surface area contributed by atoms with Crippen LogP contribution in [-0.2, 0) is 9.53 Å². The van der Waals surface area contributed by atoms with E-state index in [0.29, 0.717) is 13.0 Å². The zero-order valence-corrected chi connectivity index (χ0v) is 4.96. The zero-order chi connectivity index (χ0) is 6.69. The number of hydrogen-bond donors (Lipinski definition) is 0. The van der Waals surface area contributed by atoms with Gasteiger partial charge in [-0.15, -0.1) is 0 Å². The fourth-order valence-corrected chi connectivity index (χ4v) is 0.750. The highest BCUT2D eigenvalue weighted by Gasteiger charge is 2.21. The number of rotatable bonds is 0. The minimum atomic E-state index is -0.501. The molecule has 1 heterocycles. The van der Waals surface area contributed by atoms with Crippen LogP contribution in [-0.4, -0.2) is 19.0 Å². The van der Waals surface area contributed by atoms with E-state index in [9.17, 15) is 4.79 Å². The summed E-state index contributed by atoms with van der Waals surface area (Å²) in [7, 11) is 0. The third-order valence-corrected chi connectivity index (χ3v) is 1.32. The summed E-state index contributed by atoms with van der Waals surface area (Å²) in [5, 5.41) is 8.31. The Bertz CT molecular complexity index is 159. The summed E-state index contributed by atoms with van der Waals surface area (Å²) >= 11 is 0. The molecule has 3 heteroatoms. The molecule has 1 atom stereocenters. The summed E-state index contributed by atoms with van der Waals surface area (Å²) in [4.78, 5) is 10.7. The average Bonchev–Trinajstić information content (AvgIpc) is 1.89. The molecule has 0 spiro atoms. The second-order valence-corrected chi connectivity index (χ2v) is 1.97. The van der Waals surface area contributed by atoms with E-state index in [2.05, 4.69) is 0 Å². The van der Waals surface area contributed by atoms with Crippen molar-refractivity contribution in [1.82, 2.24) is 0 Å². The Morgan fingerprint density at radius 2 is 2.56 bits per heavy atom. The van der Waals surface area contributed by atoms with Gasteiger partial charge in [-0.25, -0.2) is 0 Å². The molecule has 1 aliphatic rings. The van der Waals surface area contributed by atoms with Crippen LogP contribution in [0.15, 0.2) is 0 Å². The number of carbonyl (C=O) groups is 1. The maximum atomic E-state index is 10.7. The van der Waals surface area contributed by atoms with Gasteiger partial charge in [0, 0.05) is 6.42 Å². The molecule has 0 unspecified atom stereocenters. The fourth-order valence-electron chi connectivity index (χ4n) is 0.750. The molecular formula is C6H7NO2. The topological polar surface area (TPSA) is 50.1 Å². The van der Waals surface area contributed by atoms with E-state index in [4.69, 9.17) is 10.00 Å². The number of ketones is 1. The molecule has 0 saturated carbocycles. The van der Waals surface area contributed by atoms with Crippen LogP contribution in [0.3, 0.4) is 0 Å². The Kier molecular flexibility index (Phi) is 1.81. The minimum Gasteiger partial charge on any atom is -0.379 e. The minimum absolute atomic E-state index is 0.0174. The van der Waals surface area contributed by atoms with E-state index < -0.39 is 5.92 Å². The third kappa shape index (κ3) is 1.27. The van der Waals surface area contributed by atoms with Crippen molar-refractivity contribution in [3.8, 4) is 6.07 Å². The van der Waals surface area contributed by atoms with Crippen LogP contribution in [0.2, 0.25) is 0 Å². The summed E-state index contributed by atoms with van der Waals surface area (Å²) < 4.78 is 4.90. The molecule has 0 aromatic rings. The van der Waals surface area contributed by atoms with E-state index in [1.165, 1.54) is 0 Å². The van der Waals surface area contributed by atoms with Gasteiger partial charge >= 0.3 is 0 Å². The van der Waals surface area contributed by atoms with E-state index in [-0.39, 0.29) is 12.4 Å². The molecule has 0 aromatic carbocycles. The first-order valence-corrected chi connectivity index (χ1v) is 2.84. The number of ether oxygens (including phenoxy) is 1. The highest BCUT2D eigenvalue weighted by molar-refractivity contribution is 5.83. The lowest BCUT2D eigenvalue weighted by atomic mass is 10.0. The zero-order valence-electron chi connectivity index (χ0n) is 4.96. The van der Waals surface area contributed by atoms with Gasteiger partial charge < -0.3 is 4.74 Å². The maximum Gasteiger partial charge on any atom is 0.154 e. The molecule has 0 bridgehead atoms. The van der Waals surface area contributed by atoms with Crippen molar-refractivity contribution in [3.05, 3.63) is 0 Å². The van der Waals surface area contributed by atoms with Gasteiger partial charge in [0.2, 0.25) is 0 Å². The second-order valence-electron chi connectivity index (χ2n) is 1.97. The Morgan fingerprint density at radius 3 is 3.00 bits per heavy atom. The number of hydrogen-bond acceptors (Lipinski definition) is 3. The van der Waals surface area contributed by atoms with E-state index in [0.717, 1.165) is 0 Å². The van der Waals surface area contributed by atoms with Crippen molar-refractivity contribution >= 4 is 5.78 Å². The van der Waals surface area contributed by atoms with Gasteiger partial charge in [-0.1, -0.05) is 0 Å². The number of carbonyl (C=O) groups excluding carboxylic acids is 1. The van der Waals surface area contributed by atoms with Gasteiger partial charge in [0.05, 0.1) is 19.3 Å². The van der Waals surface area contributed by atoms with Crippen LogP contribution in [0, 0.1) is 17.2 Å². The molecule has 1 aliphatic heterocycles. The number of nitriles is 1. The van der Waals surface area contributed by atoms with Gasteiger partial charge in [0.15, 0.2) is 5.78 Å². The van der Waals surface area contributed by atoms with Crippen LogP contribution in [0.25, 0.3) is 0 Å². The lowest BCUT2D eigenvalue weighted by Gasteiger charge is -2.13. The number of Topliss-reactive ketones (excluding diaryl/α,β-unsaturated/α-hetero) is 1.